The normalized spacial score (nSPS) is 11.5. The van der Waals surface area contributed by atoms with Crippen molar-refractivity contribution in [3.8, 4) is 11.3 Å². The topological polar surface area (TPSA) is 42.2 Å². The number of carbonyl (C=O) groups excluding carboxylic acids is 1. The molecule has 28 heavy (non-hydrogen) atoms. The van der Waals surface area contributed by atoms with Gasteiger partial charge in [-0.25, -0.2) is 8.78 Å². The van der Waals surface area contributed by atoms with Gasteiger partial charge in [-0.15, -0.1) is 0 Å². The van der Waals surface area contributed by atoms with E-state index in [0.29, 0.717) is 11.8 Å². The average Bonchev–Trinajstić information content (AvgIpc) is 3.11. The molecule has 0 radical (unpaired) electrons. The summed E-state index contributed by atoms with van der Waals surface area (Å²) in [6, 6.07) is 10.7. The van der Waals surface area contributed by atoms with Crippen molar-refractivity contribution in [2.75, 3.05) is 5.32 Å². The van der Waals surface area contributed by atoms with E-state index in [9.17, 15) is 26.7 Å². The van der Waals surface area contributed by atoms with E-state index in [4.69, 9.17) is 4.42 Å². The smallest absolute Gasteiger partial charge is 0.417 e. The summed E-state index contributed by atoms with van der Waals surface area (Å²) >= 11 is 0. The molecule has 0 saturated heterocycles. The maximum Gasteiger partial charge on any atom is 0.417 e. The van der Waals surface area contributed by atoms with Gasteiger partial charge in [0.05, 0.1) is 11.3 Å². The molecular weight excluding hydrogens is 381 g/mol. The highest BCUT2D eigenvalue weighted by molar-refractivity contribution is 5.90. The molecule has 0 atom stereocenters. The predicted molar refractivity (Wildman–Crippen MR) is 92.5 cm³/mol. The van der Waals surface area contributed by atoms with Gasteiger partial charge in [-0.2, -0.15) is 13.2 Å². The highest BCUT2D eigenvalue weighted by atomic mass is 19.4. The number of anilines is 1. The van der Waals surface area contributed by atoms with Gasteiger partial charge in [0.15, 0.2) is 0 Å². The molecule has 146 valence electrons. The van der Waals surface area contributed by atoms with E-state index in [0.717, 1.165) is 18.2 Å². The van der Waals surface area contributed by atoms with Crippen LogP contribution in [0.15, 0.2) is 59.0 Å². The fraction of sp³-hybridized carbons (Fsp3) is 0.150. The van der Waals surface area contributed by atoms with Crippen molar-refractivity contribution in [2.45, 2.75) is 19.0 Å². The molecule has 3 aromatic rings. The third kappa shape index (κ3) is 4.57. The number of carbonyl (C=O) groups is 1. The number of hydrogen-bond donors (Lipinski definition) is 1. The molecule has 0 spiro atoms. The minimum absolute atomic E-state index is 0.0351. The number of aryl methyl sites for hydroxylation is 1. The maximum absolute atomic E-state index is 13.5. The van der Waals surface area contributed by atoms with Gasteiger partial charge in [-0.3, -0.25) is 4.79 Å². The van der Waals surface area contributed by atoms with Gasteiger partial charge in [0.25, 0.3) is 0 Å². The summed E-state index contributed by atoms with van der Waals surface area (Å²) in [5.41, 5.74) is -1.08. The molecule has 2 aromatic carbocycles. The zero-order valence-electron chi connectivity index (χ0n) is 14.3. The van der Waals surface area contributed by atoms with Crippen molar-refractivity contribution in [3.05, 3.63) is 77.6 Å². The number of amides is 1. The summed E-state index contributed by atoms with van der Waals surface area (Å²) in [6.07, 6.45) is -4.52. The minimum Gasteiger partial charge on any atom is -0.461 e. The second-order valence-electron chi connectivity index (χ2n) is 5.98. The van der Waals surface area contributed by atoms with Crippen molar-refractivity contribution in [2.24, 2.45) is 0 Å². The fourth-order valence-electron chi connectivity index (χ4n) is 2.64. The molecule has 1 N–H and O–H groups in total. The molecule has 1 heterocycles. The van der Waals surface area contributed by atoms with Crippen molar-refractivity contribution >= 4 is 11.6 Å². The first-order valence-electron chi connectivity index (χ1n) is 8.24. The molecule has 8 heteroatoms. The summed E-state index contributed by atoms with van der Waals surface area (Å²) in [6.45, 7) is 0. The molecule has 0 aliphatic heterocycles. The molecule has 1 aromatic heterocycles. The predicted octanol–water partition coefficient (Wildman–Crippen LogP) is 5.81. The average molecular weight is 395 g/mol. The molecule has 3 rings (SSSR count). The monoisotopic (exact) mass is 395 g/mol. The zero-order chi connectivity index (χ0) is 20.3. The summed E-state index contributed by atoms with van der Waals surface area (Å²) in [5.74, 6) is -1.87. The van der Waals surface area contributed by atoms with Gasteiger partial charge in [0, 0.05) is 24.5 Å². The van der Waals surface area contributed by atoms with Crippen LogP contribution in [0.2, 0.25) is 0 Å². The summed E-state index contributed by atoms with van der Waals surface area (Å²) < 4.78 is 71.2. The number of halogens is 5. The number of benzene rings is 2. The summed E-state index contributed by atoms with van der Waals surface area (Å²) in [4.78, 5) is 11.9. The van der Waals surface area contributed by atoms with Crippen LogP contribution in [0, 0.1) is 11.6 Å². The molecule has 3 nitrogen and oxygen atoms in total. The molecular formula is C20H14F5NO2. The van der Waals surface area contributed by atoms with Crippen LogP contribution < -0.4 is 5.32 Å². The fourth-order valence-corrected chi connectivity index (χ4v) is 2.64. The molecule has 0 aliphatic rings. The Kier molecular flexibility index (Phi) is 5.48. The lowest BCUT2D eigenvalue weighted by Gasteiger charge is -2.10. The number of rotatable bonds is 5. The van der Waals surface area contributed by atoms with Crippen LogP contribution in [0.3, 0.4) is 0 Å². The van der Waals surface area contributed by atoms with Gasteiger partial charge < -0.3 is 9.73 Å². The van der Waals surface area contributed by atoms with E-state index in [2.05, 4.69) is 5.32 Å². The van der Waals surface area contributed by atoms with Crippen LogP contribution in [-0.4, -0.2) is 5.91 Å². The van der Waals surface area contributed by atoms with Gasteiger partial charge in [0.2, 0.25) is 5.91 Å². The molecule has 0 saturated carbocycles. The third-order valence-corrected chi connectivity index (χ3v) is 3.96. The standard InChI is InChI=1S/C20H14F5NO2/c21-12-5-8-17(16(22)11-12)26-19(27)10-7-13-6-9-18(28-13)14-3-1-2-4-15(14)20(23,24)25/h1-6,8-9,11H,7,10H2,(H,26,27). The molecule has 0 bridgehead atoms. The highest BCUT2D eigenvalue weighted by Gasteiger charge is 2.34. The largest absolute Gasteiger partial charge is 0.461 e. The van der Waals surface area contributed by atoms with Crippen LogP contribution in [0.5, 0.6) is 0 Å². The van der Waals surface area contributed by atoms with Crippen molar-refractivity contribution < 1.29 is 31.2 Å². The Bertz CT molecular complexity index is 994. The van der Waals surface area contributed by atoms with Crippen molar-refractivity contribution in [1.29, 1.82) is 0 Å². The van der Waals surface area contributed by atoms with E-state index in [-0.39, 0.29) is 29.9 Å². The Balaban J connectivity index is 1.66. The second kappa shape index (κ2) is 7.84. The first kappa shape index (κ1) is 19.6. The Labute approximate surface area is 156 Å². The first-order valence-corrected chi connectivity index (χ1v) is 8.24. The van der Waals surface area contributed by atoms with Gasteiger partial charge in [-0.05, 0) is 30.3 Å². The van der Waals surface area contributed by atoms with Crippen LogP contribution in [0.25, 0.3) is 11.3 Å². The molecule has 0 fully saturated rings. The maximum atomic E-state index is 13.5. The number of nitrogens with one attached hydrogen (secondary N) is 1. The summed E-state index contributed by atoms with van der Waals surface area (Å²) in [5, 5.41) is 2.30. The SMILES string of the molecule is O=C(CCc1ccc(-c2ccccc2C(F)(F)F)o1)Nc1ccc(F)cc1F. The van der Waals surface area contributed by atoms with Gasteiger partial charge >= 0.3 is 6.18 Å². The van der Waals surface area contributed by atoms with E-state index in [1.807, 2.05) is 0 Å². The number of alkyl halides is 3. The van der Waals surface area contributed by atoms with Crippen LogP contribution in [0.4, 0.5) is 27.6 Å². The number of furan rings is 1. The van der Waals surface area contributed by atoms with Crippen LogP contribution >= 0.6 is 0 Å². The quantitative estimate of drug-likeness (QED) is 0.554. The van der Waals surface area contributed by atoms with E-state index >= 15 is 0 Å². The first-order chi connectivity index (χ1) is 13.2. The Morgan fingerprint density at radius 1 is 1.00 bits per heavy atom. The molecule has 0 aliphatic carbocycles. The lowest BCUT2D eigenvalue weighted by molar-refractivity contribution is -0.137. The summed E-state index contributed by atoms with van der Waals surface area (Å²) in [7, 11) is 0. The van der Waals surface area contributed by atoms with Crippen LogP contribution in [0.1, 0.15) is 17.7 Å². The second-order valence-corrected chi connectivity index (χ2v) is 5.98. The number of hydrogen-bond acceptors (Lipinski definition) is 2. The Morgan fingerprint density at radius 3 is 2.46 bits per heavy atom. The molecule has 1 amide bonds. The van der Waals surface area contributed by atoms with E-state index in [1.165, 1.54) is 30.3 Å². The Morgan fingerprint density at radius 2 is 1.75 bits per heavy atom. The van der Waals surface area contributed by atoms with Gasteiger partial charge in [-0.1, -0.05) is 18.2 Å². The van der Waals surface area contributed by atoms with Gasteiger partial charge in [0.1, 0.15) is 23.2 Å². The lowest BCUT2D eigenvalue weighted by Crippen LogP contribution is -2.13. The molecule has 0 unspecified atom stereocenters. The van der Waals surface area contributed by atoms with E-state index < -0.39 is 29.3 Å². The Hall–Kier alpha value is -3.16. The van der Waals surface area contributed by atoms with Crippen molar-refractivity contribution in [1.82, 2.24) is 0 Å². The van der Waals surface area contributed by atoms with Crippen LogP contribution in [-0.2, 0) is 17.4 Å². The third-order valence-electron chi connectivity index (χ3n) is 3.96. The van der Waals surface area contributed by atoms with E-state index in [1.54, 1.807) is 0 Å². The van der Waals surface area contributed by atoms with Crippen molar-refractivity contribution in [3.63, 3.8) is 0 Å². The lowest BCUT2D eigenvalue weighted by atomic mass is 10.1. The highest BCUT2D eigenvalue weighted by Crippen LogP contribution is 2.37. The zero-order valence-corrected chi connectivity index (χ0v) is 14.3. The minimum atomic E-state index is -4.53.